The Bertz CT molecular complexity index is 261. The van der Waals surface area contributed by atoms with Crippen molar-refractivity contribution in [1.29, 1.82) is 0 Å². The molecule has 3 atom stereocenters. The predicted octanol–water partition coefficient (Wildman–Crippen LogP) is 1.03. The fraction of sp³-hybridized carbons (Fsp3) is 0.800. The summed E-state index contributed by atoms with van der Waals surface area (Å²) in [6.45, 7) is 2.08. The minimum absolute atomic E-state index is 0.195. The lowest BCUT2D eigenvalue weighted by atomic mass is 9.98. The highest BCUT2D eigenvalue weighted by Gasteiger charge is 2.52. The first-order chi connectivity index (χ1) is 6.72. The van der Waals surface area contributed by atoms with Gasteiger partial charge in [-0.3, -0.25) is 9.59 Å². The standard InChI is InChI=1S/C10H14O4/c1-2-3-4-7-9-6(10(12)13-7)5-8(11)14-9/h6-7,9H,2-5H2,1H3/t6-,7+,9+/m0/s1. The van der Waals surface area contributed by atoms with E-state index in [2.05, 4.69) is 6.92 Å². The summed E-state index contributed by atoms with van der Waals surface area (Å²) in [5.41, 5.74) is 0. The molecule has 4 heteroatoms. The number of ether oxygens (including phenoxy) is 2. The van der Waals surface area contributed by atoms with Gasteiger partial charge < -0.3 is 9.47 Å². The van der Waals surface area contributed by atoms with E-state index in [9.17, 15) is 9.59 Å². The average Bonchev–Trinajstić information content (AvgIpc) is 2.64. The van der Waals surface area contributed by atoms with Gasteiger partial charge in [-0.25, -0.2) is 0 Å². The van der Waals surface area contributed by atoms with Crippen molar-refractivity contribution in [2.45, 2.75) is 44.8 Å². The third-order valence-corrected chi connectivity index (χ3v) is 2.83. The van der Waals surface area contributed by atoms with Crippen LogP contribution in [-0.2, 0) is 19.1 Å². The molecule has 2 rings (SSSR count). The van der Waals surface area contributed by atoms with Crippen molar-refractivity contribution in [1.82, 2.24) is 0 Å². The maximum atomic E-state index is 11.3. The lowest BCUT2D eigenvalue weighted by Crippen LogP contribution is -2.24. The van der Waals surface area contributed by atoms with Gasteiger partial charge in [0.2, 0.25) is 0 Å². The summed E-state index contributed by atoms with van der Waals surface area (Å²) in [4.78, 5) is 22.3. The van der Waals surface area contributed by atoms with Crippen LogP contribution in [0.5, 0.6) is 0 Å². The monoisotopic (exact) mass is 198 g/mol. The van der Waals surface area contributed by atoms with Crippen LogP contribution in [0.3, 0.4) is 0 Å². The van der Waals surface area contributed by atoms with E-state index >= 15 is 0 Å². The third kappa shape index (κ3) is 1.49. The van der Waals surface area contributed by atoms with E-state index in [0.29, 0.717) is 0 Å². The Labute approximate surface area is 82.6 Å². The maximum absolute atomic E-state index is 11.3. The van der Waals surface area contributed by atoms with Gasteiger partial charge in [0.1, 0.15) is 12.0 Å². The number of hydrogen-bond donors (Lipinski definition) is 0. The van der Waals surface area contributed by atoms with Gasteiger partial charge in [-0.2, -0.15) is 0 Å². The zero-order valence-corrected chi connectivity index (χ0v) is 8.19. The minimum atomic E-state index is -0.329. The summed E-state index contributed by atoms with van der Waals surface area (Å²) in [6.07, 6.45) is 2.56. The smallest absolute Gasteiger partial charge is 0.313 e. The molecule has 2 aliphatic heterocycles. The van der Waals surface area contributed by atoms with Gasteiger partial charge in [0.05, 0.1) is 6.42 Å². The first-order valence-corrected chi connectivity index (χ1v) is 5.12. The molecule has 0 bridgehead atoms. The molecule has 2 fully saturated rings. The Hall–Kier alpha value is -1.06. The second-order valence-corrected chi connectivity index (χ2v) is 3.88. The molecule has 0 aromatic carbocycles. The van der Waals surface area contributed by atoms with E-state index in [4.69, 9.17) is 9.47 Å². The molecule has 0 aromatic rings. The second-order valence-electron chi connectivity index (χ2n) is 3.88. The summed E-state index contributed by atoms with van der Waals surface area (Å²) in [5, 5.41) is 0. The molecule has 0 saturated carbocycles. The maximum Gasteiger partial charge on any atom is 0.313 e. The Morgan fingerprint density at radius 3 is 2.86 bits per heavy atom. The number of rotatable bonds is 3. The number of carbonyl (C=O) groups is 2. The normalized spacial score (nSPS) is 35.4. The van der Waals surface area contributed by atoms with Gasteiger partial charge in [-0.15, -0.1) is 0 Å². The van der Waals surface area contributed by atoms with Crippen LogP contribution in [-0.4, -0.2) is 24.1 Å². The fourth-order valence-electron chi connectivity index (χ4n) is 2.06. The highest BCUT2D eigenvalue weighted by atomic mass is 16.6. The first kappa shape index (κ1) is 9.49. The molecule has 0 unspecified atom stereocenters. The summed E-state index contributed by atoms with van der Waals surface area (Å²) >= 11 is 0. The van der Waals surface area contributed by atoms with Gasteiger partial charge in [0.25, 0.3) is 0 Å². The molecule has 0 aliphatic carbocycles. The van der Waals surface area contributed by atoms with Crippen LogP contribution in [0.4, 0.5) is 0 Å². The summed E-state index contributed by atoms with van der Waals surface area (Å²) in [6, 6.07) is 0. The molecule has 78 valence electrons. The topological polar surface area (TPSA) is 52.6 Å². The Morgan fingerprint density at radius 2 is 2.14 bits per heavy atom. The van der Waals surface area contributed by atoms with Crippen molar-refractivity contribution in [3.8, 4) is 0 Å². The number of cyclic esters (lactones) is 1. The SMILES string of the molecule is CCCC[C@H]1OC(=O)[C@H]2CC(=O)O[C@H]21. The van der Waals surface area contributed by atoms with E-state index in [-0.39, 0.29) is 36.5 Å². The molecule has 0 amide bonds. The van der Waals surface area contributed by atoms with Gasteiger partial charge in [-0.05, 0) is 12.8 Å². The summed E-state index contributed by atoms with van der Waals surface area (Å²) in [5.74, 6) is -0.857. The molecule has 0 N–H and O–H groups in total. The number of carbonyl (C=O) groups excluding carboxylic acids is 2. The number of unbranched alkanes of at least 4 members (excludes halogenated alkanes) is 1. The van der Waals surface area contributed by atoms with Crippen molar-refractivity contribution >= 4 is 11.9 Å². The van der Waals surface area contributed by atoms with Crippen molar-refractivity contribution in [2.24, 2.45) is 5.92 Å². The van der Waals surface area contributed by atoms with E-state index in [1.54, 1.807) is 0 Å². The molecular formula is C10H14O4. The Balaban J connectivity index is 2.00. The zero-order valence-electron chi connectivity index (χ0n) is 8.19. The largest absolute Gasteiger partial charge is 0.458 e. The van der Waals surface area contributed by atoms with E-state index in [0.717, 1.165) is 19.3 Å². The van der Waals surface area contributed by atoms with Crippen LogP contribution < -0.4 is 0 Å². The van der Waals surface area contributed by atoms with E-state index in [1.165, 1.54) is 0 Å². The highest BCUT2D eigenvalue weighted by Crippen LogP contribution is 2.35. The molecule has 14 heavy (non-hydrogen) atoms. The fourth-order valence-corrected chi connectivity index (χ4v) is 2.06. The lowest BCUT2D eigenvalue weighted by Gasteiger charge is -2.14. The van der Waals surface area contributed by atoms with Gasteiger partial charge in [0, 0.05) is 0 Å². The number of hydrogen-bond acceptors (Lipinski definition) is 4. The molecular weight excluding hydrogens is 184 g/mol. The van der Waals surface area contributed by atoms with Crippen LogP contribution in [0, 0.1) is 5.92 Å². The Kier molecular flexibility index (Phi) is 2.44. The average molecular weight is 198 g/mol. The van der Waals surface area contributed by atoms with E-state index in [1.807, 2.05) is 0 Å². The van der Waals surface area contributed by atoms with Gasteiger partial charge >= 0.3 is 11.9 Å². The number of esters is 2. The highest BCUT2D eigenvalue weighted by molar-refractivity contribution is 5.85. The second kappa shape index (κ2) is 3.59. The van der Waals surface area contributed by atoms with Crippen molar-refractivity contribution < 1.29 is 19.1 Å². The van der Waals surface area contributed by atoms with E-state index < -0.39 is 0 Å². The van der Waals surface area contributed by atoms with Crippen LogP contribution >= 0.6 is 0 Å². The number of fused-ring (bicyclic) bond motifs is 1. The first-order valence-electron chi connectivity index (χ1n) is 5.12. The lowest BCUT2D eigenvalue weighted by molar-refractivity contribution is -0.152. The van der Waals surface area contributed by atoms with Crippen LogP contribution in [0.1, 0.15) is 32.6 Å². The van der Waals surface area contributed by atoms with Crippen molar-refractivity contribution in [3.05, 3.63) is 0 Å². The molecule has 0 aromatic heterocycles. The van der Waals surface area contributed by atoms with Gasteiger partial charge in [-0.1, -0.05) is 13.3 Å². The van der Waals surface area contributed by atoms with Crippen LogP contribution in [0.15, 0.2) is 0 Å². The minimum Gasteiger partial charge on any atom is -0.458 e. The Morgan fingerprint density at radius 1 is 1.36 bits per heavy atom. The molecule has 0 radical (unpaired) electrons. The summed E-state index contributed by atoms with van der Waals surface area (Å²) in [7, 11) is 0. The summed E-state index contributed by atoms with van der Waals surface area (Å²) < 4.78 is 10.2. The van der Waals surface area contributed by atoms with Crippen molar-refractivity contribution in [3.63, 3.8) is 0 Å². The molecule has 2 heterocycles. The molecule has 0 spiro atoms. The molecule has 4 nitrogen and oxygen atoms in total. The predicted molar refractivity (Wildman–Crippen MR) is 47.4 cm³/mol. The zero-order chi connectivity index (χ0) is 10.1. The van der Waals surface area contributed by atoms with Gasteiger partial charge in [0.15, 0.2) is 6.10 Å². The van der Waals surface area contributed by atoms with Crippen LogP contribution in [0.25, 0.3) is 0 Å². The quantitative estimate of drug-likeness (QED) is 0.636. The van der Waals surface area contributed by atoms with Crippen LogP contribution in [0.2, 0.25) is 0 Å². The molecule has 2 aliphatic rings. The molecule has 2 saturated heterocycles. The third-order valence-electron chi connectivity index (χ3n) is 2.83. The van der Waals surface area contributed by atoms with Crippen molar-refractivity contribution in [2.75, 3.05) is 0 Å².